The van der Waals surface area contributed by atoms with Crippen LogP contribution in [0.15, 0.2) is 18.2 Å². The average Bonchev–Trinajstić information content (AvgIpc) is 2.35. The predicted molar refractivity (Wildman–Crippen MR) is 86.5 cm³/mol. The number of carbonyl (C=O) groups is 1. The van der Waals surface area contributed by atoms with E-state index in [1.807, 2.05) is 31.3 Å². The van der Waals surface area contributed by atoms with Gasteiger partial charge in [-0.1, -0.05) is 0 Å². The molecule has 0 aliphatic rings. The lowest BCUT2D eigenvalue weighted by atomic mass is 10.1. The van der Waals surface area contributed by atoms with E-state index >= 15 is 0 Å². The quantitative estimate of drug-likeness (QED) is 0.687. The standard InChI is InChI=1S/C14H23N3O2S/c1-14(19,9-20-4)8-16-13(18)10-5-6-12(17(2)3)11(15)7-10/h5-7,19H,8-9,15H2,1-4H3,(H,16,18). The van der Waals surface area contributed by atoms with Crippen LogP contribution in [0, 0.1) is 0 Å². The largest absolute Gasteiger partial charge is 0.397 e. The summed E-state index contributed by atoms with van der Waals surface area (Å²) in [5, 5.41) is 12.7. The lowest BCUT2D eigenvalue weighted by Crippen LogP contribution is -2.42. The molecule has 20 heavy (non-hydrogen) atoms. The molecule has 1 atom stereocenters. The van der Waals surface area contributed by atoms with Gasteiger partial charge in [0.2, 0.25) is 0 Å². The zero-order valence-electron chi connectivity index (χ0n) is 12.4. The van der Waals surface area contributed by atoms with Crippen molar-refractivity contribution in [1.82, 2.24) is 5.32 Å². The Kier molecular flexibility index (Phi) is 5.71. The van der Waals surface area contributed by atoms with E-state index in [0.717, 1.165) is 5.69 Å². The molecule has 0 heterocycles. The molecule has 1 unspecified atom stereocenters. The van der Waals surface area contributed by atoms with Crippen molar-refractivity contribution in [2.45, 2.75) is 12.5 Å². The minimum atomic E-state index is -0.913. The van der Waals surface area contributed by atoms with Gasteiger partial charge in [0.25, 0.3) is 5.91 Å². The summed E-state index contributed by atoms with van der Waals surface area (Å²) in [6.07, 6.45) is 1.91. The molecule has 0 spiro atoms. The highest BCUT2D eigenvalue weighted by Gasteiger charge is 2.21. The third-order valence-electron chi connectivity index (χ3n) is 2.86. The van der Waals surface area contributed by atoms with E-state index in [-0.39, 0.29) is 12.5 Å². The van der Waals surface area contributed by atoms with E-state index in [4.69, 9.17) is 5.73 Å². The van der Waals surface area contributed by atoms with Crippen LogP contribution < -0.4 is 16.0 Å². The molecule has 1 aromatic rings. The maximum atomic E-state index is 12.0. The molecule has 1 amide bonds. The molecule has 4 N–H and O–H groups in total. The summed E-state index contributed by atoms with van der Waals surface area (Å²) in [4.78, 5) is 13.9. The second-order valence-corrected chi connectivity index (χ2v) is 6.15. The van der Waals surface area contributed by atoms with Crippen molar-refractivity contribution in [2.24, 2.45) is 0 Å². The van der Waals surface area contributed by atoms with Crippen LogP contribution in [0.1, 0.15) is 17.3 Å². The molecule has 0 radical (unpaired) electrons. The number of carbonyl (C=O) groups excluding carboxylic acids is 1. The fourth-order valence-corrected chi connectivity index (χ4v) is 2.56. The van der Waals surface area contributed by atoms with Crippen LogP contribution in [0.4, 0.5) is 11.4 Å². The first-order valence-electron chi connectivity index (χ1n) is 6.33. The highest BCUT2D eigenvalue weighted by atomic mass is 32.2. The normalized spacial score (nSPS) is 13.7. The van der Waals surface area contributed by atoms with Gasteiger partial charge in [0, 0.05) is 32.0 Å². The van der Waals surface area contributed by atoms with Gasteiger partial charge in [-0.15, -0.1) is 0 Å². The lowest BCUT2D eigenvalue weighted by Gasteiger charge is -2.22. The SMILES string of the molecule is CSCC(C)(O)CNC(=O)c1ccc(N(C)C)c(N)c1. The average molecular weight is 297 g/mol. The number of amides is 1. The van der Waals surface area contributed by atoms with Crippen LogP contribution in [-0.4, -0.2) is 49.3 Å². The maximum absolute atomic E-state index is 12.0. The summed E-state index contributed by atoms with van der Waals surface area (Å²) in [6, 6.07) is 5.18. The minimum Gasteiger partial charge on any atom is -0.397 e. The summed E-state index contributed by atoms with van der Waals surface area (Å²) in [5.74, 6) is 0.331. The lowest BCUT2D eigenvalue weighted by molar-refractivity contribution is 0.0725. The van der Waals surface area contributed by atoms with Crippen molar-refractivity contribution in [1.29, 1.82) is 0 Å². The molecule has 5 nitrogen and oxygen atoms in total. The second-order valence-electron chi connectivity index (χ2n) is 5.28. The Labute approximate surface area is 124 Å². The fourth-order valence-electron chi connectivity index (χ4n) is 1.84. The zero-order valence-corrected chi connectivity index (χ0v) is 13.3. The Bertz CT molecular complexity index is 475. The minimum absolute atomic E-state index is 0.210. The molecule has 0 aliphatic carbocycles. The number of nitrogen functional groups attached to an aromatic ring is 1. The number of rotatable bonds is 6. The van der Waals surface area contributed by atoms with Gasteiger partial charge in [-0.25, -0.2) is 0 Å². The smallest absolute Gasteiger partial charge is 0.251 e. The number of nitrogens with two attached hydrogens (primary N) is 1. The summed E-state index contributed by atoms with van der Waals surface area (Å²) in [5.41, 5.74) is 6.92. The van der Waals surface area contributed by atoms with Crippen LogP contribution in [0.25, 0.3) is 0 Å². The first kappa shape index (κ1) is 16.7. The van der Waals surface area contributed by atoms with Crippen LogP contribution in [-0.2, 0) is 0 Å². The van der Waals surface area contributed by atoms with Gasteiger partial charge in [0.15, 0.2) is 0 Å². The third-order valence-corrected chi connectivity index (χ3v) is 3.77. The van der Waals surface area contributed by atoms with Gasteiger partial charge in [-0.05, 0) is 31.4 Å². The number of hydrogen-bond acceptors (Lipinski definition) is 5. The van der Waals surface area contributed by atoms with E-state index in [1.54, 1.807) is 19.1 Å². The Balaban J connectivity index is 2.71. The summed E-state index contributed by atoms with van der Waals surface area (Å²) in [6.45, 7) is 1.91. The molecular formula is C14H23N3O2S. The molecule has 112 valence electrons. The molecule has 0 aromatic heterocycles. The number of benzene rings is 1. The van der Waals surface area contributed by atoms with Gasteiger partial charge in [0.05, 0.1) is 17.0 Å². The molecule has 0 saturated heterocycles. The van der Waals surface area contributed by atoms with Gasteiger partial charge < -0.3 is 21.1 Å². The van der Waals surface area contributed by atoms with Gasteiger partial charge in [0.1, 0.15) is 0 Å². The first-order valence-corrected chi connectivity index (χ1v) is 7.72. The highest BCUT2D eigenvalue weighted by molar-refractivity contribution is 7.98. The number of nitrogens with one attached hydrogen (secondary N) is 1. The maximum Gasteiger partial charge on any atom is 0.251 e. The van der Waals surface area contributed by atoms with E-state index < -0.39 is 5.60 Å². The van der Waals surface area contributed by atoms with Crippen LogP contribution >= 0.6 is 11.8 Å². The number of anilines is 2. The third kappa shape index (κ3) is 4.61. The van der Waals surface area contributed by atoms with E-state index in [1.165, 1.54) is 11.8 Å². The van der Waals surface area contributed by atoms with Crippen molar-refractivity contribution in [3.05, 3.63) is 23.8 Å². The van der Waals surface area contributed by atoms with Crippen molar-refractivity contribution in [2.75, 3.05) is 43.3 Å². The second kappa shape index (κ2) is 6.85. The molecule has 0 saturated carbocycles. The molecule has 0 fully saturated rings. The van der Waals surface area contributed by atoms with Gasteiger partial charge in [-0.2, -0.15) is 11.8 Å². The van der Waals surface area contributed by atoms with Gasteiger partial charge in [-0.3, -0.25) is 4.79 Å². The topological polar surface area (TPSA) is 78.6 Å². The number of thioether (sulfide) groups is 1. The Morgan fingerprint density at radius 1 is 1.50 bits per heavy atom. The predicted octanol–water partition coefficient (Wildman–Crippen LogP) is 1.18. The van der Waals surface area contributed by atoms with Crippen molar-refractivity contribution in [3.63, 3.8) is 0 Å². The molecule has 0 bridgehead atoms. The monoisotopic (exact) mass is 297 g/mol. The summed E-state index contributed by atoms with van der Waals surface area (Å²) >= 11 is 1.54. The number of aliphatic hydroxyl groups is 1. The Hall–Kier alpha value is -1.40. The molecule has 1 rings (SSSR count). The first-order chi connectivity index (χ1) is 9.26. The highest BCUT2D eigenvalue weighted by Crippen LogP contribution is 2.22. The van der Waals surface area contributed by atoms with E-state index in [2.05, 4.69) is 5.32 Å². The molecule has 1 aromatic carbocycles. The van der Waals surface area contributed by atoms with E-state index in [0.29, 0.717) is 17.0 Å². The molecule has 6 heteroatoms. The van der Waals surface area contributed by atoms with Gasteiger partial charge >= 0.3 is 0 Å². The van der Waals surface area contributed by atoms with Crippen LogP contribution in [0.2, 0.25) is 0 Å². The summed E-state index contributed by atoms with van der Waals surface area (Å²) in [7, 11) is 3.79. The molecular weight excluding hydrogens is 274 g/mol. The number of hydrogen-bond donors (Lipinski definition) is 3. The van der Waals surface area contributed by atoms with E-state index in [9.17, 15) is 9.90 Å². The Morgan fingerprint density at radius 3 is 2.65 bits per heavy atom. The van der Waals surface area contributed by atoms with Crippen molar-refractivity contribution < 1.29 is 9.90 Å². The number of nitrogens with zero attached hydrogens (tertiary/aromatic N) is 1. The van der Waals surface area contributed by atoms with Crippen molar-refractivity contribution in [3.8, 4) is 0 Å². The van der Waals surface area contributed by atoms with Crippen LogP contribution in [0.3, 0.4) is 0 Å². The zero-order chi connectivity index (χ0) is 15.3. The summed E-state index contributed by atoms with van der Waals surface area (Å²) < 4.78 is 0. The Morgan fingerprint density at radius 2 is 2.15 bits per heavy atom. The fraction of sp³-hybridized carbons (Fsp3) is 0.500. The molecule has 0 aliphatic heterocycles. The van der Waals surface area contributed by atoms with Crippen molar-refractivity contribution >= 4 is 29.0 Å². The van der Waals surface area contributed by atoms with Crippen LogP contribution in [0.5, 0.6) is 0 Å².